The number of benzene rings is 2. The van der Waals surface area contributed by atoms with Gasteiger partial charge in [0, 0.05) is 13.1 Å². The largest absolute Gasteiger partial charge is 0.497 e. The molecule has 2 N–H and O–H groups in total. The van der Waals surface area contributed by atoms with E-state index in [-0.39, 0.29) is 0 Å². The van der Waals surface area contributed by atoms with Crippen LogP contribution in [0.15, 0.2) is 60.2 Å². The average Bonchev–Trinajstić information content (AvgIpc) is 2.55. The molecule has 0 aliphatic rings. The maximum atomic E-state index is 10.2. The van der Waals surface area contributed by atoms with Gasteiger partial charge in [0.25, 0.3) is 0 Å². The molecule has 2 rings (SSSR count). The average molecular weight is 297 g/mol. The van der Waals surface area contributed by atoms with Crippen LogP contribution >= 0.6 is 0 Å². The Kier molecular flexibility index (Phi) is 6.19. The van der Waals surface area contributed by atoms with E-state index >= 15 is 0 Å². The van der Waals surface area contributed by atoms with E-state index in [9.17, 15) is 5.11 Å². The third-order valence-electron chi connectivity index (χ3n) is 3.43. The summed E-state index contributed by atoms with van der Waals surface area (Å²) < 4.78 is 5.17. The molecule has 1 unspecified atom stereocenters. The molecule has 0 saturated carbocycles. The Morgan fingerprint density at radius 3 is 2.68 bits per heavy atom. The van der Waals surface area contributed by atoms with Crippen LogP contribution in [0, 0.1) is 0 Å². The molecule has 2 aromatic rings. The molecule has 3 heteroatoms. The first-order chi connectivity index (χ1) is 10.7. The van der Waals surface area contributed by atoms with Gasteiger partial charge in [-0.3, -0.25) is 0 Å². The number of nitrogens with one attached hydrogen (secondary N) is 1. The summed E-state index contributed by atoms with van der Waals surface area (Å²) in [7, 11) is 1.63. The fourth-order valence-electron chi connectivity index (χ4n) is 2.26. The van der Waals surface area contributed by atoms with E-state index in [0.29, 0.717) is 6.54 Å². The number of hydrogen-bond donors (Lipinski definition) is 2. The second kappa shape index (κ2) is 8.37. The van der Waals surface area contributed by atoms with Gasteiger partial charge in [-0.1, -0.05) is 54.1 Å². The number of hydrogen-bond acceptors (Lipinski definition) is 3. The number of rotatable bonds is 7. The maximum absolute atomic E-state index is 10.2. The summed E-state index contributed by atoms with van der Waals surface area (Å²) in [5.41, 5.74) is 3.27. The minimum absolute atomic E-state index is 0.507. The van der Waals surface area contributed by atoms with Gasteiger partial charge in [0.05, 0.1) is 13.2 Å². The topological polar surface area (TPSA) is 41.5 Å². The molecule has 2 aromatic carbocycles. The highest BCUT2D eigenvalue weighted by Crippen LogP contribution is 2.18. The fraction of sp³-hybridized carbons (Fsp3) is 0.263. The molecule has 0 aromatic heterocycles. The molecule has 0 aliphatic carbocycles. The van der Waals surface area contributed by atoms with E-state index in [4.69, 9.17) is 4.74 Å². The predicted molar refractivity (Wildman–Crippen MR) is 90.9 cm³/mol. The van der Waals surface area contributed by atoms with Crippen LogP contribution in [-0.4, -0.2) is 25.3 Å². The van der Waals surface area contributed by atoms with Crippen molar-refractivity contribution in [2.75, 3.05) is 20.2 Å². The summed E-state index contributed by atoms with van der Waals surface area (Å²) in [6.07, 6.45) is 1.60. The zero-order valence-electron chi connectivity index (χ0n) is 13.1. The molecule has 22 heavy (non-hydrogen) atoms. The van der Waals surface area contributed by atoms with Crippen LogP contribution in [0.5, 0.6) is 5.75 Å². The van der Waals surface area contributed by atoms with Crippen molar-refractivity contribution in [1.29, 1.82) is 0 Å². The number of methoxy groups -OCH3 is 1. The van der Waals surface area contributed by atoms with Crippen LogP contribution in [-0.2, 0) is 0 Å². The van der Waals surface area contributed by atoms with Gasteiger partial charge < -0.3 is 15.2 Å². The molecule has 0 amide bonds. The second-order valence-corrected chi connectivity index (χ2v) is 5.32. The Hall–Kier alpha value is -2.10. The molecule has 0 saturated heterocycles. The number of aliphatic hydroxyl groups is 1. The summed E-state index contributed by atoms with van der Waals surface area (Å²) in [5, 5.41) is 13.5. The summed E-state index contributed by atoms with van der Waals surface area (Å²) in [5.74, 6) is 0.761. The van der Waals surface area contributed by atoms with E-state index in [1.54, 1.807) is 7.11 Å². The van der Waals surface area contributed by atoms with Crippen LogP contribution in [0.25, 0.3) is 6.08 Å². The van der Waals surface area contributed by atoms with Gasteiger partial charge in [0.1, 0.15) is 5.75 Å². The lowest BCUT2D eigenvalue weighted by molar-refractivity contribution is 0.175. The van der Waals surface area contributed by atoms with Gasteiger partial charge in [0.2, 0.25) is 0 Å². The summed E-state index contributed by atoms with van der Waals surface area (Å²) in [6, 6.07) is 17.7. The molecule has 0 radical (unpaired) electrons. The third-order valence-corrected chi connectivity index (χ3v) is 3.43. The standard InChI is InChI=1S/C19H23NO2/c1-15(11-16-7-4-3-5-8-16)13-20-14-19(21)17-9-6-10-18(12-17)22-2/h3-12,19-21H,13-14H2,1-2H3/b15-11+. The lowest BCUT2D eigenvalue weighted by Gasteiger charge is -2.13. The Morgan fingerprint density at radius 1 is 1.18 bits per heavy atom. The lowest BCUT2D eigenvalue weighted by Crippen LogP contribution is -2.23. The molecule has 116 valence electrons. The van der Waals surface area contributed by atoms with Crippen molar-refractivity contribution in [1.82, 2.24) is 5.32 Å². The van der Waals surface area contributed by atoms with Crippen molar-refractivity contribution in [3.63, 3.8) is 0 Å². The van der Waals surface area contributed by atoms with Gasteiger partial charge in [-0.15, -0.1) is 0 Å². The highest BCUT2D eigenvalue weighted by molar-refractivity contribution is 5.52. The Morgan fingerprint density at radius 2 is 1.95 bits per heavy atom. The normalized spacial score (nSPS) is 13.0. The smallest absolute Gasteiger partial charge is 0.119 e. The van der Waals surface area contributed by atoms with Crippen molar-refractivity contribution in [2.24, 2.45) is 0 Å². The second-order valence-electron chi connectivity index (χ2n) is 5.32. The molecule has 0 heterocycles. The number of aliphatic hydroxyl groups excluding tert-OH is 1. The maximum Gasteiger partial charge on any atom is 0.119 e. The van der Waals surface area contributed by atoms with Gasteiger partial charge >= 0.3 is 0 Å². The minimum atomic E-state index is -0.542. The van der Waals surface area contributed by atoms with Gasteiger partial charge in [0.15, 0.2) is 0 Å². The van der Waals surface area contributed by atoms with Crippen LogP contribution in [0.2, 0.25) is 0 Å². The van der Waals surface area contributed by atoms with Crippen molar-refractivity contribution in [2.45, 2.75) is 13.0 Å². The molecule has 1 atom stereocenters. The fourth-order valence-corrected chi connectivity index (χ4v) is 2.26. The highest BCUT2D eigenvalue weighted by Gasteiger charge is 2.07. The van der Waals surface area contributed by atoms with Crippen molar-refractivity contribution >= 4 is 6.08 Å². The molecule has 0 aliphatic heterocycles. The van der Waals surface area contributed by atoms with E-state index in [1.807, 2.05) is 42.5 Å². The molecule has 3 nitrogen and oxygen atoms in total. The molecular formula is C19H23NO2. The minimum Gasteiger partial charge on any atom is -0.497 e. The first-order valence-corrected chi connectivity index (χ1v) is 7.44. The van der Waals surface area contributed by atoms with E-state index in [1.165, 1.54) is 11.1 Å². The third kappa shape index (κ3) is 5.02. The van der Waals surface area contributed by atoms with Crippen LogP contribution in [0.4, 0.5) is 0 Å². The molecule has 0 fully saturated rings. The lowest BCUT2D eigenvalue weighted by atomic mass is 10.1. The predicted octanol–water partition coefficient (Wildman–Crippen LogP) is 3.42. The monoisotopic (exact) mass is 297 g/mol. The van der Waals surface area contributed by atoms with E-state index < -0.39 is 6.10 Å². The summed E-state index contributed by atoms with van der Waals surface area (Å²) >= 11 is 0. The van der Waals surface area contributed by atoms with E-state index in [0.717, 1.165) is 17.9 Å². The van der Waals surface area contributed by atoms with Crippen LogP contribution in [0.3, 0.4) is 0 Å². The zero-order valence-corrected chi connectivity index (χ0v) is 13.1. The van der Waals surface area contributed by atoms with Crippen molar-refractivity contribution in [3.05, 3.63) is 71.3 Å². The van der Waals surface area contributed by atoms with Gasteiger partial charge in [-0.05, 0) is 30.2 Å². The number of ether oxygens (including phenoxy) is 1. The summed E-state index contributed by atoms with van der Waals surface area (Å²) in [6.45, 7) is 3.33. The first-order valence-electron chi connectivity index (χ1n) is 7.44. The van der Waals surface area contributed by atoms with Crippen LogP contribution < -0.4 is 10.1 Å². The van der Waals surface area contributed by atoms with Crippen molar-refractivity contribution in [3.8, 4) is 5.75 Å². The Balaban J connectivity index is 1.83. The Labute approximate surface area is 132 Å². The van der Waals surface area contributed by atoms with E-state index in [2.05, 4.69) is 30.4 Å². The van der Waals surface area contributed by atoms with Gasteiger partial charge in [-0.2, -0.15) is 0 Å². The molecular weight excluding hydrogens is 274 g/mol. The molecule has 0 bridgehead atoms. The Bertz CT molecular complexity index is 608. The van der Waals surface area contributed by atoms with Crippen molar-refractivity contribution < 1.29 is 9.84 Å². The molecule has 0 spiro atoms. The zero-order chi connectivity index (χ0) is 15.8. The SMILES string of the molecule is COc1cccc(C(O)CNC/C(C)=C/c2ccccc2)c1. The first kappa shape index (κ1) is 16.3. The summed E-state index contributed by atoms with van der Waals surface area (Å²) in [4.78, 5) is 0. The van der Waals surface area contributed by atoms with Crippen LogP contribution in [0.1, 0.15) is 24.2 Å². The van der Waals surface area contributed by atoms with Gasteiger partial charge in [-0.25, -0.2) is 0 Å². The quantitative estimate of drug-likeness (QED) is 0.823. The highest BCUT2D eigenvalue weighted by atomic mass is 16.5.